The summed E-state index contributed by atoms with van der Waals surface area (Å²) in [6.07, 6.45) is 1.35. The molecule has 14 nitrogen and oxygen atoms in total. The lowest BCUT2D eigenvalue weighted by atomic mass is 9.72. The molecule has 1 unspecified atom stereocenters. The van der Waals surface area contributed by atoms with Crippen molar-refractivity contribution in [3.8, 4) is 0 Å². The van der Waals surface area contributed by atoms with E-state index < -0.39 is 58.6 Å². The third-order valence-electron chi connectivity index (χ3n) is 7.67. The minimum absolute atomic E-state index is 0.0171. The van der Waals surface area contributed by atoms with E-state index in [0.29, 0.717) is 19.5 Å². The van der Waals surface area contributed by atoms with Gasteiger partial charge in [-0.2, -0.15) is 13.1 Å². The molecule has 0 amide bonds. The van der Waals surface area contributed by atoms with E-state index in [1.165, 1.54) is 18.2 Å². The molecule has 0 fully saturated rings. The van der Waals surface area contributed by atoms with E-state index in [1.807, 2.05) is 18.7 Å². The van der Waals surface area contributed by atoms with Gasteiger partial charge in [0.05, 0.1) is 17.7 Å². The standard InChI is InChI=1S/C29H40N6O8S3/c1-19(2)12-13-29(34-45(40,41)17-16-35(4)15-14-30-3)22-9-7-6-8-21(22)26(36)25(27(29)37)28-31-23-11-10-20(32-44(5,38)39)18-24(23)46(42,43)33-28/h6-11,18-19,30,32,34,36H,12-17H2,1-5H3,(H,31,33). The lowest BCUT2D eigenvalue weighted by Gasteiger charge is -2.39. The van der Waals surface area contributed by atoms with Crippen LogP contribution in [0.25, 0.3) is 5.76 Å². The Morgan fingerprint density at radius 1 is 1.09 bits per heavy atom. The Morgan fingerprint density at radius 3 is 2.43 bits per heavy atom. The molecule has 0 bridgehead atoms. The largest absolute Gasteiger partial charge is 0.506 e. The zero-order valence-corrected chi connectivity index (χ0v) is 28.7. The molecular formula is C29H40N6O8S3. The molecule has 17 heteroatoms. The van der Waals surface area contributed by atoms with Crippen LogP contribution in [0.2, 0.25) is 0 Å². The van der Waals surface area contributed by atoms with Crippen molar-refractivity contribution in [3.63, 3.8) is 0 Å². The Bertz CT molecular complexity index is 1910. The Labute approximate surface area is 270 Å². The van der Waals surface area contributed by atoms with E-state index in [-0.39, 0.29) is 52.0 Å². The second-order valence-electron chi connectivity index (χ2n) is 11.9. The minimum atomic E-state index is -4.52. The van der Waals surface area contributed by atoms with E-state index in [0.717, 1.165) is 12.3 Å². The number of amidine groups is 1. The molecule has 1 aliphatic carbocycles. The number of anilines is 2. The molecule has 46 heavy (non-hydrogen) atoms. The first kappa shape index (κ1) is 35.5. The number of rotatable bonds is 14. The Balaban J connectivity index is 1.83. The number of hydrogen-bond donors (Lipinski definition) is 5. The van der Waals surface area contributed by atoms with E-state index in [1.54, 1.807) is 32.3 Å². The highest BCUT2D eigenvalue weighted by molar-refractivity contribution is 7.92. The molecule has 4 rings (SSSR count). The van der Waals surface area contributed by atoms with Gasteiger partial charge >= 0.3 is 0 Å². The molecular weight excluding hydrogens is 657 g/mol. The van der Waals surface area contributed by atoms with Crippen molar-refractivity contribution in [2.45, 2.75) is 37.1 Å². The van der Waals surface area contributed by atoms with Gasteiger partial charge in [0.15, 0.2) is 11.6 Å². The highest BCUT2D eigenvalue weighted by Crippen LogP contribution is 2.43. The molecule has 2 aliphatic rings. The van der Waals surface area contributed by atoms with Crippen molar-refractivity contribution in [2.24, 2.45) is 10.3 Å². The molecule has 252 valence electrons. The van der Waals surface area contributed by atoms with Gasteiger partial charge in [-0.1, -0.05) is 38.1 Å². The summed E-state index contributed by atoms with van der Waals surface area (Å²) in [4.78, 5) is 16.1. The van der Waals surface area contributed by atoms with Crippen LogP contribution >= 0.6 is 0 Å². The number of carbonyl (C=O) groups excluding carboxylic acids is 1. The maximum atomic E-state index is 14.7. The molecule has 0 radical (unpaired) electrons. The average molecular weight is 697 g/mol. The van der Waals surface area contributed by atoms with E-state index in [2.05, 4.69) is 24.5 Å². The van der Waals surface area contributed by atoms with Gasteiger partial charge in [-0.25, -0.2) is 16.8 Å². The third kappa shape index (κ3) is 7.78. The Hall–Kier alpha value is -3.35. The molecule has 5 N–H and O–H groups in total. The Kier molecular flexibility index (Phi) is 10.3. The first-order valence-electron chi connectivity index (χ1n) is 14.6. The van der Waals surface area contributed by atoms with Gasteiger partial charge < -0.3 is 20.6 Å². The van der Waals surface area contributed by atoms with Crippen molar-refractivity contribution in [1.82, 2.24) is 14.9 Å². The first-order valence-corrected chi connectivity index (χ1v) is 19.5. The molecule has 1 atom stereocenters. The summed E-state index contributed by atoms with van der Waals surface area (Å²) < 4.78 is 86.2. The number of aliphatic hydroxyl groups excluding tert-OH is 1. The number of fused-ring (bicyclic) bond motifs is 2. The van der Waals surface area contributed by atoms with Crippen LogP contribution in [0.1, 0.15) is 37.8 Å². The number of carbonyl (C=O) groups is 1. The quantitative estimate of drug-likeness (QED) is 0.193. The number of Topliss-reactive ketones (excluding diaryl/α,β-unsaturated/α-hetero) is 1. The summed E-state index contributed by atoms with van der Waals surface area (Å²) in [5, 5.41) is 17.3. The van der Waals surface area contributed by atoms with Crippen molar-refractivity contribution in [3.05, 3.63) is 59.2 Å². The molecule has 0 saturated heterocycles. The van der Waals surface area contributed by atoms with E-state index in [9.17, 15) is 35.2 Å². The van der Waals surface area contributed by atoms with Crippen LogP contribution in [-0.2, 0) is 40.4 Å². The van der Waals surface area contributed by atoms with Crippen molar-refractivity contribution in [2.75, 3.05) is 55.8 Å². The van der Waals surface area contributed by atoms with Gasteiger partial charge in [0, 0.05) is 30.9 Å². The highest BCUT2D eigenvalue weighted by Gasteiger charge is 2.51. The zero-order chi connectivity index (χ0) is 34.1. The fraction of sp³-hybridized carbons (Fsp3) is 0.448. The topological polar surface area (TPSA) is 203 Å². The van der Waals surface area contributed by atoms with Gasteiger partial charge in [-0.15, -0.1) is 4.40 Å². The van der Waals surface area contributed by atoms with Gasteiger partial charge in [-0.3, -0.25) is 9.52 Å². The number of benzene rings is 2. The number of likely N-dealkylation sites (N-methyl/N-ethyl adjacent to an activating group) is 2. The summed E-state index contributed by atoms with van der Waals surface area (Å²) in [5.41, 5.74) is -2.03. The van der Waals surface area contributed by atoms with E-state index in [4.69, 9.17) is 0 Å². The summed E-state index contributed by atoms with van der Waals surface area (Å²) in [5.74, 6) is -2.18. The fourth-order valence-electron chi connectivity index (χ4n) is 5.32. The Morgan fingerprint density at radius 2 is 1.78 bits per heavy atom. The normalized spacial score (nSPS) is 19.5. The van der Waals surface area contributed by atoms with Crippen LogP contribution in [0.15, 0.2) is 57.3 Å². The predicted molar refractivity (Wildman–Crippen MR) is 178 cm³/mol. The van der Waals surface area contributed by atoms with Crippen molar-refractivity contribution in [1.29, 1.82) is 0 Å². The molecule has 0 aromatic heterocycles. The SMILES string of the molecule is CNCCN(C)CCS(=O)(=O)NC1(CCC(C)C)C(=O)C(C2=NS(=O)(=O)c3cc(NS(C)(=O)=O)ccc3N2)=C(O)c2ccccc21. The van der Waals surface area contributed by atoms with Crippen LogP contribution in [0.4, 0.5) is 11.4 Å². The number of ketones is 1. The summed E-state index contributed by atoms with van der Waals surface area (Å²) >= 11 is 0. The zero-order valence-electron chi connectivity index (χ0n) is 26.3. The molecule has 2 aromatic carbocycles. The average Bonchev–Trinajstić information content (AvgIpc) is 2.96. The van der Waals surface area contributed by atoms with Crippen LogP contribution in [0.3, 0.4) is 0 Å². The molecule has 0 spiro atoms. The van der Waals surface area contributed by atoms with Crippen LogP contribution in [0.5, 0.6) is 0 Å². The third-order valence-corrected chi connectivity index (χ3v) is 11.0. The maximum Gasteiger partial charge on any atom is 0.286 e. The summed E-state index contributed by atoms with van der Waals surface area (Å²) in [6.45, 7) is 5.28. The number of nitrogens with zero attached hydrogens (tertiary/aromatic N) is 2. The molecule has 1 aliphatic heterocycles. The highest BCUT2D eigenvalue weighted by atomic mass is 32.2. The smallest absolute Gasteiger partial charge is 0.286 e. The van der Waals surface area contributed by atoms with E-state index >= 15 is 0 Å². The van der Waals surface area contributed by atoms with Gasteiger partial charge in [0.25, 0.3) is 10.0 Å². The lowest BCUT2D eigenvalue weighted by Crippen LogP contribution is -2.56. The number of sulfonamides is 3. The number of nitrogens with one attached hydrogen (secondary N) is 4. The van der Waals surface area contributed by atoms with Gasteiger partial charge in [-0.05, 0) is 56.6 Å². The van der Waals surface area contributed by atoms with Crippen LogP contribution < -0.4 is 20.1 Å². The molecule has 0 saturated carbocycles. The second-order valence-corrected chi connectivity index (χ2v) is 17.1. The maximum absolute atomic E-state index is 14.7. The van der Waals surface area contributed by atoms with Crippen molar-refractivity contribution < 1.29 is 35.2 Å². The predicted octanol–water partition coefficient (Wildman–Crippen LogP) is 1.82. The second kappa shape index (κ2) is 13.4. The number of hydrogen-bond acceptors (Lipinski definition) is 11. The summed E-state index contributed by atoms with van der Waals surface area (Å²) in [6, 6.07) is 10.0. The van der Waals surface area contributed by atoms with Crippen LogP contribution in [0, 0.1) is 5.92 Å². The van der Waals surface area contributed by atoms with Gasteiger partial charge in [0.1, 0.15) is 21.8 Å². The lowest BCUT2D eigenvalue weighted by molar-refractivity contribution is -0.121. The summed E-state index contributed by atoms with van der Waals surface area (Å²) in [7, 11) is -8.78. The van der Waals surface area contributed by atoms with Gasteiger partial charge in [0.2, 0.25) is 20.0 Å². The molecule has 1 heterocycles. The molecule has 2 aromatic rings. The minimum Gasteiger partial charge on any atom is -0.506 e. The number of aliphatic hydroxyl groups is 1. The van der Waals surface area contributed by atoms with Crippen molar-refractivity contribution >= 4 is 58.8 Å². The van der Waals surface area contributed by atoms with Crippen LogP contribution in [-0.4, -0.2) is 92.6 Å². The first-order chi connectivity index (χ1) is 21.4. The monoisotopic (exact) mass is 696 g/mol. The fourth-order valence-corrected chi connectivity index (χ4v) is 8.51.